The molecular weight excluding hydrogens is 304 g/mol. The van der Waals surface area contributed by atoms with Gasteiger partial charge in [0.15, 0.2) is 0 Å². The Morgan fingerprint density at radius 1 is 1.25 bits per heavy atom. The lowest BCUT2D eigenvalue weighted by Gasteiger charge is -2.11. The number of carbonyl (C=O) groups excluding carboxylic acids is 1. The highest BCUT2D eigenvalue weighted by molar-refractivity contribution is 5.94. The lowest BCUT2D eigenvalue weighted by Crippen LogP contribution is -2.28. The van der Waals surface area contributed by atoms with Crippen molar-refractivity contribution >= 4 is 11.7 Å². The summed E-state index contributed by atoms with van der Waals surface area (Å²) in [5.41, 5.74) is 10.3. The van der Waals surface area contributed by atoms with Crippen molar-refractivity contribution < 1.29 is 4.79 Å². The number of carbonyl (C=O) groups is 1. The van der Waals surface area contributed by atoms with E-state index in [1.807, 2.05) is 42.5 Å². The fraction of sp³-hybridized carbons (Fsp3) is 0.294. The van der Waals surface area contributed by atoms with Crippen LogP contribution in [0.1, 0.15) is 32.9 Å². The summed E-state index contributed by atoms with van der Waals surface area (Å²) in [6, 6.07) is 7.59. The predicted molar refractivity (Wildman–Crippen MR) is 90.9 cm³/mol. The smallest absolute Gasteiger partial charge is 0.255 e. The molecule has 3 N–H and O–H groups in total. The lowest BCUT2D eigenvalue weighted by atomic mass is 10.0. The first kappa shape index (κ1) is 16.1. The van der Waals surface area contributed by atoms with Crippen LogP contribution in [0.5, 0.6) is 0 Å². The Kier molecular flexibility index (Phi) is 4.52. The third-order valence-electron chi connectivity index (χ3n) is 4.06. The number of amides is 1. The normalized spacial score (nSPS) is 11.0. The molecule has 0 saturated heterocycles. The fourth-order valence-corrected chi connectivity index (χ4v) is 2.69. The molecule has 3 rings (SSSR count). The molecule has 0 unspecified atom stereocenters. The Hall–Kier alpha value is -2.80. The summed E-state index contributed by atoms with van der Waals surface area (Å²) in [5.74, 6) is 0.507. The molecule has 1 aromatic carbocycles. The number of aryl methyl sites for hydroxylation is 2. The standard InChI is InChI=1S/C17H20N6O/c1-11-15(12(2)23-10-20-22-17(23)21-11)9-13-3-5-14(6-4-13)16(24)19-8-7-18/h3-6,10H,7-9,18H2,1-2H3,(H,19,24). The van der Waals surface area contributed by atoms with Crippen molar-refractivity contribution in [2.75, 3.05) is 13.1 Å². The van der Waals surface area contributed by atoms with Crippen LogP contribution in [-0.2, 0) is 6.42 Å². The molecule has 24 heavy (non-hydrogen) atoms. The van der Waals surface area contributed by atoms with Gasteiger partial charge >= 0.3 is 0 Å². The lowest BCUT2D eigenvalue weighted by molar-refractivity contribution is 0.0954. The Labute approximate surface area is 139 Å². The van der Waals surface area contributed by atoms with Crippen LogP contribution in [0.2, 0.25) is 0 Å². The summed E-state index contributed by atoms with van der Waals surface area (Å²) < 4.78 is 1.89. The van der Waals surface area contributed by atoms with E-state index in [1.165, 1.54) is 0 Å². The first-order valence-electron chi connectivity index (χ1n) is 7.83. The van der Waals surface area contributed by atoms with Crippen molar-refractivity contribution in [1.29, 1.82) is 0 Å². The SMILES string of the molecule is Cc1nc2nncn2c(C)c1Cc1ccc(C(=O)NCCN)cc1. The average Bonchev–Trinajstić information content (AvgIpc) is 3.05. The number of rotatable bonds is 5. The van der Waals surface area contributed by atoms with E-state index in [9.17, 15) is 4.79 Å². The molecule has 0 saturated carbocycles. The molecule has 1 amide bonds. The zero-order valence-electron chi connectivity index (χ0n) is 13.8. The van der Waals surface area contributed by atoms with Crippen LogP contribution in [-0.4, -0.2) is 38.6 Å². The number of benzene rings is 1. The molecule has 0 aliphatic heterocycles. The van der Waals surface area contributed by atoms with Gasteiger partial charge in [0.05, 0.1) is 0 Å². The van der Waals surface area contributed by atoms with Crippen LogP contribution in [0, 0.1) is 13.8 Å². The van der Waals surface area contributed by atoms with Crippen molar-refractivity contribution in [3.05, 3.63) is 58.7 Å². The largest absolute Gasteiger partial charge is 0.351 e. The van der Waals surface area contributed by atoms with Crippen molar-refractivity contribution in [3.8, 4) is 0 Å². The Morgan fingerprint density at radius 3 is 2.71 bits per heavy atom. The van der Waals surface area contributed by atoms with Crippen LogP contribution < -0.4 is 11.1 Å². The second-order valence-electron chi connectivity index (χ2n) is 5.68. The van der Waals surface area contributed by atoms with Crippen LogP contribution in [0.15, 0.2) is 30.6 Å². The summed E-state index contributed by atoms with van der Waals surface area (Å²) in [4.78, 5) is 16.4. The zero-order chi connectivity index (χ0) is 17.1. The van der Waals surface area contributed by atoms with Gasteiger partial charge in [-0.15, -0.1) is 10.2 Å². The summed E-state index contributed by atoms with van der Waals surface area (Å²) in [6.07, 6.45) is 2.41. The number of hydrogen-bond acceptors (Lipinski definition) is 5. The number of nitrogens with one attached hydrogen (secondary N) is 1. The third kappa shape index (κ3) is 3.11. The van der Waals surface area contributed by atoms with E-state index in [-0.39, 0.29) is 5.91 Å². The van der Waals surface area contributed by atoms with Gasteiger partial charge in [0.2, 0.25) is 0 Å². The molecule has 0 aliphatic carbocycles. The summed E-state index contributed by atoms with van der Waals surface area (Å²) in [5, 5.41) is 10.7. The summed E-state index contributed by atoms with van der Waals surface area (Å²) in [6.45, 7) is 4.92. The minimum absolute atomic E-state index is 0.105. The maximum atomic E-state index is 11.9. The van der Waals surface area contributed by atoms with E-state index in [1.54, 1.807) is 6.33 Å². The Bertz CT molecular complexity index is 869. The van der Waals surface area contributed by atoms with E-state index in [4.69, 9.17) is 5.73 Å². The van der Waals surface area contributed by atoms with Crippen molar-refractivity contribution in [2.24, 2.45) is 5.73 Å². The van der Waals surface area contributed by atoms with Crippen LogP contribution in [0.4, 0.5) is 0 Å². The molecule has 0 atom stereocenters. The van der Waals surface area contributed by atoms with E-state index in [0.717, 1.165) is 28.9 Å². The molecule has 7 nitrogen and oxygen atoms in total. The maximum absolute atomic E-state index is 11.9. The fourth-order valence-electron chi connectivity index (χ4n) is 2.69. The number of fused-ring (bicyclic) bond motifs is 1. The molecule has 0 aliphatic rings. The van der Waals surface area contributed by atoms with Crippen molar-refractivity contribution in [1.82, 2.24) is 24.9 Å². The molecular formula is C17H20N6O. The molecule has 0 spiro atoms. The monoisotopic (exact) mass is 324 g/mol. The van der Waals surface area contributed by atoms with Gasteiger partial charge in [-0.2, -0.15) is 0 Å². The Balaban J connectivity index is 1.83. The van der Waals surface area contributed by atoms with Gasteiger partial charge < -0.3 is 11.1 Å². The minimum atomic E-state index is -0.105. The van der Waals surface area contributed by atoms with Crippen molar-refractivity contribution in [3.63, 3.8) is 0 Å². The molecule has 0 radical (unpaired) electrons. The maximum Gasteiger partial charge on any atom is 0.255 e. The molecule has 0 fully saturated rings. The highest BCUT2D eigenvalue weighted by Gasteiger charge is 2.11. The molecule has 0 bridgehead atoms. The van der Waals surface area contributed by atoms with Gasteiger partial charge in [0, 0.05) is 36.5 Å². The van der Waals surface area contributed by atoms with Gasteiger partial charge in [0.25, 0.3) is 11.7 Å². The molecule has 2 aromatic heterocycles. The molecule has 124 valence electrons. The quantitative estimate of drug-likeness (QED) is 0.730. The first-order chi connectivity index (χ1) is 11.6. The second kappa shape index (κ2) is 6.76. The van der Waals surface area contributed by atoms with Gasteiger partial charge in [-0.05, 0) is 37.1 Å². The molecule has 7 heteroatoms. The van der Waals surface area contributed by atoms with Gasteiger partial charge in [-0.25, -0.2) is 4.98 Å². The predicted octanol–water partition coefficient (Wildman–Crippen LogP) is 1.02. The van der Waals surface area contributed by atoms with Gasteiger partial charge in [-0.1, -0.05) is 12.1 Å². The summed E-state index contributed by atoms with van der Waals surface area (Å²) >= 11 is 0. The van der Waals surface area contributed by atoms with Crippen LogP contribution in [0.3, 0.4) is 0 Å². The first-order valence-corrected chi connectivity index (χ1v) is 7.83. The molecule has 2 heterocycles. The average molecular weight is 324 g/mol. The number of nitrogens with zero attached hydrogens (tertiary/aromatic N) is 4. The highest BCUT2D eigenvalue weighted by Crippen LogP contribution is 2.18. The summed E-state index contributed by atoms with van der Waals surface area (Å²) in [7, 11) is 0. The van der Waals surface area contributed by atoms with Crippen LogP contribution >= 0.6 is 0 Å². The molecule has 3 aromatic rings. The van der Waals surface area contributed by atoms with Gasteiger partial charge in [0.1, 0.15) is 6.33 Å². The third-order valence-corrected chi connectivity index (χ3v) is 4.06. The van der Waals surface area contributed by atoms with E-state index in [0.29, 0.717) is 24.4 Å². The Morgan fingerprint density at radius 2 is 2.00 bits per heavy atom. The highest BCUT2D eigenvalue weighted by atomic mass is 16.1. The number of aromatic nitrogens is 4. The minimum Gasteiger partial charge on any atom is -0.351 e. The van der Waals surface area contributed by atoms with E-state index >= 15 is 0 Å². The van der Waals surface area contributed by atoms with Gasteiger partial charge in [-0.3, -0.25) is 9.20 Å². The van der Waals surface area contributed by atoms with E-state index in [2.05, 4.69) is 20.5 Å². The van der Waals surface area contributed by atoms with E-state index < -0.39 is 0 Å². The number of hydrogen-bond donors (Lipinski definition) is 2. The van der Waals surface area contributed by atoms with Crippen LogP contribution in [0.25, 0.3) is 5.78 Å². The van der Waals surface area contributed by atoms with Crippen molar-refractivity contribution in [2.45, 2.75) is 20.3 Å². The topological polar surface area (TPSA) is 98.2 Å². The second-order valence-corrected chi connectivity index (χ2v) is 5.68. The zero-order valence-corrected chi connectivity index (χ0v) is 13.8. The number of nitrogens with two attached hydrogens (primary N) is 1.